The zero-order valence-corrected chi connectivity index (χ0v) is 17.1. The van der Waals surface area contributed by atoms with Gasteiger partial charge in [0.25, 0.3) is 0 Å². The van der Waals surface area contributed by atoms with Crippen LogP contribution in [0.3, 0.4) is 0 Å². The molecular weight excluding hydrogens is 352 g/mol. The fraction of sp³-hybridized carbons (Fsp3) is 0.333. The summed E-state index contributed by atoms with van der Waals surface area (Å²) in [5.74, 6) is 0.849. The highest BCUT2D eigenvalue weighted by Crippen LogP contribution is 2.54. The molecule has 148 valence electrons. The number of fused-ring (bicyclic) bond motifs is 1. The molecule has 5 rings (SSSR count). The smallest absolute Gasteiger partial charge is 0.0376 e. The fourth-order valence-electron chi connectivity index (χ4n) is 5.18. The SMILES string of the molecule is c1ccc(CN2CC[C@@H]3C[C@]3(N(Cc3ccccc3)Cc3ccccc3)C2)cc1. The molecule has 29 heavy (non-hydrogen) atoms. The summed E-state index contributed by atoms with van der Waals surface area (Å²) < 4.78 is 0. The molecule has 2 fully saturated rings. The van der Waals surface area contributed by atoms with Gasteiger partial charge in [0.15, 0.2) is 0 Å². The van der Waals surface area contributed by atoms with Crippen LogP contribution in [0.4, 0.5) is 0 Å². The third kappa shape index (κ3) is 4.14. The molecular formula is C27H30N2. The number of benzene rings is 3. The number of likely N-dealkylation sites (tertiary alicyclic amines) is 1. The Kier molecular flexibility index (Phi) is 5.22. The van der Waals surface area contributed by atoms with E-state index in [1.54, 1.807) is 0 Å². The van der Waals surface area contributed by atoms with E-state index < -0.39 is 0 Å². The molecule has 1 heterocycles. The zero-order chi connectivity index (χ0) is 19.5. The summed E-state index contributed by atoms with van der Waals surface area (Å²) in [5.41, 5.74) is 4.60. The van der Waals surface area contributed by atoms with Gasteiger partial charge >= 0.3 is 0 Å². The summed E-state index contributed by atoms with van der Waals surface area (Å²) in [7, 11) is 0. The third-order valence-electron chi connectivity index (χ3n) is 6.80. The molecule has 0 aromatic heterocycles. The number of nitrogens with zero attached hydrogens (tertiary/aromatic N) is 2. The van der Waals surface area contributed by atoms with Gasteiger partial charge in [-0.1, -0.05) is 91.0 Å². The van der Waals surface area contributed by atoms with Gasteiger partial charge in [0.05, 0.1) is 0 Å². The summed E-state index contributed by atoms with van der Waals surface area (Å²) in [5, 5.41) is 0. The van der Waals surface area contributed by atoms with Gasteiger partial charge in [-0.2, -0.15) is 0 Å². The van der Waals surface area contributed by atoms with Crippen LogP contribution < -0.4 is 0 Å². The molecule has 2 heteroatoms. The van der Waals surface area contributed by atoms with Crippen molar-refractivity contribution in [2.45, 2.75) is 38.0 Å². The predicted octanol–water partition coefficient (Wildman–Crippen LogP) is 5.35. The second-order valence-electron chi connectivity index (χ2n) is 8.82. The Labute approximate surface area is 174 Å². The minimum absolute atomic E-state index is 0.332. The predicted molar refractivity (Wildman–Crippen MR) is 119 cm³/mol. The lowest BCUT2D eigenvalue weighted by atomic mass is 10.0. The van der Waals surface area contributed by atoms with E-state index >= 15 is 0 Å². The lowest BCUT2D eigenvalue weighted by Crippen LogP contribution is -2.49. The number of hydrogen-bond acceptors (Lipinski definition) is 2. The molecule has 0 N–H and O–H groups in total. The number of hydrogen-bond donors (Lipinski definition) is 0. The maximum absolute atomic E-state index is 2.78. The first-order valence-corrected chi connectivity index (χ1v) is 10.9. The van der Waals surface area contributed by atoms with E-state index in [0.29, 0.717) is 5.54 Å². The van der Waals surface area contributed by atoms with Crippen molar-refractivity contribution in [3.8, 4) is 0 Å². The van der Waals surface area contributed by atoms with Crippen LogP contribution in [0.5, 0.6) is 0 Å². The molecule has 0 bridgehead atoms. The van der Waals surface area contributed by atoms with Gasteiger partial charge in [-0.25, -0.2) is 0 Å². The quantitative estimate of drug-likeness (QED) is 0.543. The largest absolute Gasteiger partial charge is 0.297 e. The van der Waals surface area contributed by atoms with Gasteiger partial charge in [0.1, 0.15) is 0 Å². The van der Waals surface area contributed by atoms with Crippen LogP contribution >= 0.6 is 0 Å². The topological polar surface area (TPSA) is 6.48 Å². The molecule has 3 aromatic carbocycles. The van der Waals surface area contributed by atoms with E-state index in [2.05, 4.69) is 101 Å². The second-order valence-corrected chi connectivity index (χ2v) is 8.82. The average molecular weight is 383 g/mol. The van der Waals surface area contributed by atoms with Crippen molar-refractivity contribution in [1.29, 1.82) is 0 Å². The van der Waals surface area contributed by atoms with Gasteiger partial charge < -0.3 is 0 Å². The molecule has 1 saturated carbocycles. The third-order valence-corrected chi connectivity index (χ3v) is 6.80. The monoisotopic (exact) mass is 382 g/mol. The average Bonchev–Trinajstić information content (AvgIpc) is 3.51. The lowest BCUT2D eigenvalue weighted by molar-refractivity contribution is 0.0659. The van der Waals surface area contributed by atoms with Crippen molar-refractivity contribution >= 4 is 0 Å². The zero-order valence-electron chi connectivity index (χ0n) is 17.1. The second kappa shape index (κ2) is 8.14. The molecule has 1 saturated heterocycles. The first-order valence-electron chi connectivity index (χ1n) is 10.9. The van der Waals surface area contributed by atoms with E-state index in [0.717, 1.165) is 25.6 Å². The minimum atomic E-state index is 0.332. The van der Waals surface area contributed by atoms with Crippen LogP contribution in [0.1, 0.15) is 29.5 Å². The van der Waals surface area contributed by atoms with Gasteiger partial charge in [0, 0.05) is 31.7 Å². The summed E-state index contributed by atoms with van der Waals surface area (Å²) in [4.78, 5) is 5.46. The van der Waals surface area contributed by atoms with Crippen molar-refractivity contribution in [2.75, 3.05) is 13.1 Å². The number of piperidine rings is 1. The van der Waals surface area contributed by atoms with Crippen molar-refractivity contribution in [1.82, 2.24) is 9.80 Å². The molecule has 0 spiro atoms. The summed E-state index contributed by atoms with van der Waals surface area (Å²) >= 11 is 0. The van der Waals surface area contributed by atoms with Gasteiger partial charge in [-0.15, -0.1) is 0 Å². The Hall–Kier alpha value is -2.42. The van der Waals surface area contributed by atoms with E-state index in [1.807, 2.05) is 0 Å². The maximum atomic E-state index is 2.78. The van der Waals surface area contributed by atoms with Crippen LogP contribution in [0.15, 0.2) is 91.0 Å². The fourth-order valence-corrected chi connectivity index (χ4v) is 5.18. The number of rotatable bonds is 7. The Bertz CT molecular complexity index is 868. The highest BCUT2D eigenvalue weighted by molar-refractivity contribution is 5.23. The van der Waals surface area contributed by atoms with Crippen molar-refractivity contribution < 1.29 is 0 Å². The molecule has 3 aromatic rings. The first-order chi connectivity index (χ1) is 14.3. The van der Waals surface area contributed by atoms with Gasteiger partial charge in [-0.05, 0) is 42.0 Å². The van der Waals surface area contributed by atoms with Crippen LogP contribution in [0.25, 0.3) is 0 Å². The van der Waals surface area contributed by atoms with Crippen LogP contribution in [-0.4, -0.2) is 28.4 Å². The summed E-state index contributed by atoms with van der Waals surface area (Å²) in [6.45, 7) is 5.55. The first kappa shape index (κ1) is 18.6. The van der Waals surface area contributed by atoms with E-state index in [4.69, 9.17) is 0 Å². The Morgan fingerprint density at radius 3 is 1.79 bits per heavy atom. The molecule has 2 aliphatic rings. The normalized spacial score (nSPS) is 23.7. The highest BCUT2D eigenvalue weighted by Gasteiger charge is 2.59. The van der Waals surface area contributed by atoms with Crippen LogP contribution in [0.2, 0.25) is 0 Å². The van der Waals surface area contributed by atoms with Crippen LogP contribution in [-0.2, 0) is 19.6 Å². The van der Waals surface area contributed by atoms with Crippen LogP contribution in [0, 0.1) is 5.92 Å². The molecule has 0 unspecified atom stereocenters. The van der Waals surface area contributed by atoms with Crippen molar-refractivity contribution in [3.63, 3.8) is 0 Å². The molecule has 1 aliphatic carbocycles. The van der Waals surface area contributed by atoms with Gasteiger partial charge in [0.2, 0.25) is 0 Å². The summed E-state index contributed by atoms with van der Waals surface area (Å²) in [6.07, 6.45) is 2.67. The van der Waals surface area contributed by atoms with Crippen molar-refractivity contribution in [3.05, 3.63) is 108 Å². The maximum Gasteiger partial charge on any atom is 0.0376 e. The van der Waals surface area contributed by atoms with Gasteiger partial charge in [-0.3, -0.25) is 9.80 Å². The molecule has 2 atom stereocenters. The van der Waals surface area contributed by atoms with E-state index in [9.17, 15) is 0 Å². The standard InChI is InChI=1S/C27H30N2/c1-4-10-23(11-5-1)19-28-17-16-26-18-27(26,22-28)29(20-24-12-6-2-7-13-24)21-25-14-8-3-9-15-25/h1-15,26H,16-22H2/t26-,27+/m1/s1. The van der Waals surface area contributed by atoms with E-state index in [1.165, 1.54) is 42.6 Å². The molecule has 2 nitrogen and oxygen atoms in total. The Morgan fingerprint density at radius 2 is 1.24 bits per heavy atom. The Morgan fingerprint density at radius 1 is 0.724 bits per heavy atom. The molecule has 0 amide bonds. The minimum Gasteiger partial charge on any atom is -0.297 e. The lowest BCUT2D eigenvalue weighted by Gasteiger charge is -2.40. The molecule has 1 aliphatic heterocycles. The molecule has 0 radical (unpaired) electrons. The Balaban J connectivity index is 1.37. The van der Waals surface area contributed by atoms with Crippen molar-refractivity contribution in [2.24, 2.45) is 5.92 Å². The summed E-state index contributed by atoms with van der Waals surface area (Å²) in [6, 6.07) is 33.0. The highest BCUT2D eigenvalue weighted by atomic mass is 15.3. The van der Waals surface area contributed by atoms with E-state index in [-0.39, 0.29) is 0 Å².